The Morgan fingerprint density at radius 2 is 1.85 bits per heavy atom. The quantitative estimate of drug-likeness (QED) is 0.695. The van der Waals surface area contributed by atoms with Crippen LogP contribution in [0.5, 0.6) is 0 Å². The Morgan fingerprint density at radius 1 is 1.08 bits per heavy atom. The number of Topliss-reactive ketones (excluding diaryl/α,β-unsaturated/α-hetero) is 1. The van der Waals surface area contributed by atoms with E-state index in [-0.39, 0.29) is 17.6 Å². The van der Waals surface area contributed by atoms with E-state index >= 15 is 0 Å². The van der Waals surface area contributed by atoms with Gasteiger partial charge in [-0.2, -0.15) is 0 Å². The van der Waals surface area contributed by atoms with Crippen molar-refractivity contribution in [2.24, 2.45) is 0 Å². The van der Waals surface area contributed by atoms with Gasteiger partial charge in [-0.15, -0.1) is 0 Å². The third-order valence-corrected chi connectivity index (χ3v) is 5.08. The van der Waals surface area contributed by atoms with Gasteiger partial charge >= 0.3 is 0 Å². The summed E-state index contributed by atoms with van der Waals surface area (Å²) in [6.07, 6.45) is 2.72. The van der Waals surface area contributed by atoms with Gasteiger partial charge in [-0.3, -0.25) is 4.79 Å². The van der Waals surface area contributed by atoms with Crippen molar-refractivity contribution in [1.29, 1.82) is 0 Å². The minimum Gasteiger partial charge on any atom is -0.368 e. The number of fused-ring (bicyclic) bond motifs is 1. The Bertz CT molecular complexity index is 1020. The van der Waals surface area contributed by atoms with Crippen molar-refractivity contribution in [3.63, 3.8) is 0 Å². The Kier molecular flexibility index (Phi) is 4.17. The van der Waals surface area contributed by atoms with Gasteiger partial charge in [0.05, 0.1) is 17.0 Å². The number of hydrogen-bond donors (Lipinski definition) is 1. The highest BCUT2D eigenvalue weighted by Gasteiger charge is 2.31. The molecule has 0 amide bonds. The first-order valence-corrected chi connectivity index (χ1v) is 8.78. The normalized spacial score (nSPS) is 16.4. The molecular weight excluding hydrogens is 348 g/mol. The molecule has 1 aliphatic carbocycles. The summed E-state index contributed by atoms with van der Waals surface area (Å²) >= 11 is 6.31. The highest BCUT2D eigenvalue weighted by molar-refractivity contribution is 6.32. The highest BCUT2D eigenvalue weighted by atomic mass is 35.5. The molecule has 130 valence electrons. The second-order valence-corrected chi connectivity index (χ2v) is 6.80. The van der Waals surface area contributed by atoms with E-state index in [1.54, 1.807) is 13.1 Å². The van der Waals surface area contributed by atoms with E-state index in [2.05, 4.69) is 15.0 Å². The SMILES string of the molecule is Cc1nc(N)nc2c1C(=O)CC(c1ccccc1-c1cccnc1Cl)C2. The number of carbonyl (C=O) groups is 1. The standard InChI is InChI=1S/C20H17ClN4O/c1-11-18-16(25-20(22)24-11)9-12(10-17(18)26)13-5-2-3-6-14(13)15-7-4-8-23-19(15)21/h2-8,12H,9-10H2,1H3,(H2,22,24,25). The van der Waals surface area contributed by atoms with Crippen LogP contribution in [0.2, 0.25) is 5.15 Å². The molecule has 2 heterocycles. The molecule has 1 atom stereocenters. The Labute approximate surface area is 156 Å². The molecule has 2 aromatic heterocycles. The van der Waals surface area contributed by atoms with Crippen molar-refractivity contribution in [2.75, 3.05) is 5.73 Å². The van der Waals surface area contributed by atoms with Crippen molar-refractivity contribution in [1.82, 2.24) is 15.0 Å². The van der Waals surface area contributed by atoms with Gasteiger partial charge in [-0.05, 0) is 42.5 Å². The van der Waals surface area contributed by atoms with Gasteiger partial charge < -0.3 is 5.73 Å². The predicted molar refractivity (Wildman–Crippen MR) is 101 cm³/mol. The maximum absolute atomic E-state index is 12.8. The molecular formula is C20H17ClN4O. The van der Waals surface area contributed by atoms with E-state index in [0.717, 1.165) is 22.4 Å². The topological polar surface area (TPSA) is 81.8 Å². The van der Waals surface area contributed by atoms with Gasteiger partial charge in [0.15, 0.2) is 5.78 Å². The summed E-state index contributed by atoms with van der Waals surface area (Å²) < 4.78 is 0. The molecule has 26 heavy (non-hydrogen) atoms. The molecule has 0 bridgehead atoms. The van der Waals surface area contributed by atoms with Crippen LogP contribution in [-0.4, -0.2) is 20.7 Å². The molecule has 0 fully saturated rings. The van der Waals surface area contributed by atoms with Crippen LogP contribution < -0.4 is 5.73 Å². The number of hydrogen-bond acceptors (Lipinski definition) is 5. The number of benzene rings is 1. The summed E-state index contributed by atoms with van der Waals surface area (Å²) in [5, 5.41) is 0.449. The van der Waals surface area contributed by atoms with Crippen LogP contribution in [0, 0.1) is 6.92 Å². The van der Waals surface area contributed by atoms with Crippen LogP contribution in [0.3, 0.4) is 0 Å². The fourth-order valence-electron chi connectivity index (χ4n) is 3.70. The molecule has 0 spiro atoms. The summed E-state index contributed by atoms with van der Waals surface area (Å²) in [4.78, 5) is 25.4. The third-order valence-electron chi connectivity index (χ3n) is 4.78. The number of nitrogens with zero attached hydrogens (tertiary/aromatic N) is 3. The molecule has 1 unspecified atom stereocenters. The van der Waals surface area contributed by atoms with Crippen molar-refractivity contribution in [3.05, 3.63) is 70.3 Å². The number of halogens is 1. The lowest BCUT2D eigenvalue weighted by molar-refractivity contribution is 0.0962. The Hall–Kier alpha value is -2.79. The average Bonchev–Trinajstić information content (AvgIpc) is 2.61. The summed E-state index contributed by atoms with van der Waals surface area (Å²) in [5.41, 5.74) is 10.7. The fourth-order valence-corrected chi connectivity index (χ4v) is 3.92. The number of carbonyl (C=O) groups excluding carboxylic acids is 1. The van der Waals surface area contributed by atoms with Crippen LogP contribution >= 0.6 is 11.6 Å². The molecule has 0 radical (unpaired) electrons. The van der Waals surface area contributed by atoms with Crippen molar-refractivity contribution >= 4 is 23.3 Å². The molecule has 4 rings (SSSR count). The van der Waals surface area contributed by atoms with Crippen molar-refractivity contribution in [2.45, 2.75) is 25.7 Å². The number of aromatic nitrogens is 3. The minimum atomic E-state index is 0.0103. The van der Waals surface area contributed by atoms with Crippen LogP contribution in [0.4, 0.5) is 5.95 Å². The zero-order valence-corrected chi connectivity index (χ0v) is 15.0. The highest BCUT2D eigenvalue weighted by Crippen LogP contribution is 2.39. The van der Waals surface area contributed by atoms with Gasteiger partial charge in [0, 0.05) is 18.2 Å². The van der Waals surface area contributed by atoms with Gasteiger partial charge in [-0.1, -0.05) is 35.9 Å². The molecule has 0 saturated heterocycles. The first kappa shape index (κ1) is 16.7. The number of nitrogens with two attached hydrogens (primary N) is 1. The van der Waals surface area contributed by atoms with E-state index in [1.165, 1.54) is 0 Å². The molecule has 5 nitrogen and oxygen atoms in total. The minimum absolute atomic E-state index is 0.0103. The van der Waals surface area contributed by atoms with Gasteiger partial charge in [0.1, 0.15) is 5.15 Å². The zero-order chi connectivity index (χ0) is 18.3. The number of anilines is 1. The number of rotatable bonds is 2. The lowest BCUT2D eigenvalue weighted by Crippen LogP contribution is -2.23. The molecule has 2 N–H and O–H groups in total. The summed E-state index contributed by atoms with van der Waals surface area (Å²) in [5.74, 6) is 0.273. The van der Waals surface area contributed by atoms with E-state index in [0.29, 0.717) is 29.3 Å². The van der Waals surface area contributed by atoms with E-state index < -0.39 is 0 Å². The number of nitrogen functional groups attached to an aromatic ring is 1. The van der Waals surface area contributed by atoms with E-state index in [4.69, 9.17) is 17.3 Å². The first-order chi connectivity index (χ1) is 12.5. The maximum atomic E-state index is 12.8. The predicted octanol–water partition coefficient (Wildman–Crippen LogP) is 4.00. The van der Waals surface area contributed by atoms with Crippen LogP contribution in [0.15, 0.2) is 42.6 Å². The average molecular weight is 365 g/mol. The lowest BCUT2D eigenvalue weighted by Gasteiger charge is -2.26. The van der Waals surface area contributed by atoms with E-state index in [1.807, 2.05) is 36.4 Å². The Morgan fingerprint density at radius 3 is 2.65 bits per heavy atom. The second-order valence-electron chi connectivity index (χ2n) is 6.45. The number of ketones is 1. The maximum Gasteiger partial charge on any atom is 0.220 e. The van der Waals surface area contributed by atoms with Crippen LogP contribution in [-0.2, 0) is 6.42 Å². The van der Waals surface area contributed by atoms with Crippen LogP contribution in [0.25, 0.3) is 11.1 Å². The van der Waals surface area contributed by atoms with Crippen molar-refractivity contribution < 1.29 is 4.79 Å². The zero-order valence-electron chi connectivity index (χ0n) is 14.2. The smallest absolute Gasteiger partial charge is 0.220 e. The summed E-state index contributed by atoms with van der Waals surface area (Å²) in [6.45, 7) is 1.80. The monoisotopic (exact) mass is 364 g/mol. The molecule has 0 aliphatic heterocycles. The van der Waals surface area contributed by atoms with E-state index in [9.17, 15) is 4.79 Å². The fraction of sp³-hybridized carbons (Fsp3) is 0.200. The molecule has 1 aliphatic rings. The molecule has 1 aromatic carbocycles. The molecule has 3 aromatic rings. The Balaban J connectivity index is 1.81. The number of aryl methyl sites for hydroxylation is 1. The van der Waals surface area contributed by atoms with Crippen LogP contribution in [0.1, 0.15) is 39.6 Å². The lowest BCUT2D eigenvalue weighted by atomic mass is 9.79. The molecule has 6 heteroatoms. The van der Waals surface area contributed by atoms with Crippen molar-refractivity contribution in [3.8, 4) is 11.1 Å². The second kappa shape index (κ2) is 6.50. The van der Waals surface area contributed by atoms with Gasteiger partial charge in [0.2, 0.25) is 5.95 Å². The summed E-state index contributed by atoms with van der Waals surface area (Å²) in [6, 6.07) is 11.8. The third kappa shape index (κ3) is 2.84. The summed E-state index contributed by atoms with van der Waals surface area (Å²) in [7, 11) is 0. The number of pyridine rings is 1. The first-order valence-electron chi connectivity index (χ1n) is 8.40. The molecule has 0 saturated carbocycles. The van der Waals surface area contributed by atoms with Gasteiger partial charge in [0.25, 0.3) is 0 Å². The van der Waals surface area contributed by atoms with Gasteiger partial charge in [-0.25, -0.2) is 15.0 Å². The largest absolute Gasteiger partial charge is 0.368 e.